The maximum absolute atomic E-state index is 10.8. The lowest BCUT2D eigenvalue weighted by atomic mass is 10.1. The van der Waals surface area contributed by atoms with Crippen molar-refractivity contribution in [1.29, 1.82) is 0 Å². The highest BCUT2D eigenvalue weighted by Gasteiger charge is 2.15. The summed E-state index contributed by atoms with van der Waals surface area (Å²) in [5.74, 6) is -0.715. The van der Waals surface area contributed by atoms with Crippen LogP contribution in [0.4, 0.5) is 0 Å². The van der Waals surface area contributed by atoms with Crippen LogP contribution in [-0.4, -0.2) is 27.7 Å². The summed E-state index contributed by atoms with van der Waals surface area (Å²) >= 11 is 0. The van der Waals surface area contributed by atoms with Crippen molar-refractivity contribution in [2.45, 2.75) is 6.10 Å². The van der Waals surface area contributed by atoms with Crippen molar-refractivity contribution >= 4 is 5.78 Å². The fourth-order valence-corrected chi connectivity index (χ4v) is 0.967. The van der Waals surface area contributed by atoms with Crippen molar-refractivity contribution in [1.82, 2.24) is 0 Å². The zero-order valence-electron chi connectivity index (χ0n) is 6.84. The summed E-state index contributed by atoms with van der Waals surface area (Å²) in [7, 11) is 0. The number of aromatic hydroxyl groups is 1. The van der Waals surface area contributed by atoms with Gasteiger partial charge in [-0.1, -0.05) is 12.1 Å². The lowest BCUT2D eigenvalue weighted by molar-refractivity contribution is -0.130. The van der Waals surface area contributed by atoms with Crippen LogP contribution in [0.5, 0.6) is 5.75 Å². The minimum Gasteiger partial charge on any atom is -0.508 e. The van der Waals surface area contributed by atoms with Crippen LogP contribution in [-0.2, 0) is 4.79 Å². The quantitative estimate of drug-likeness (QED) is 0.614. The molecule has 0 saturated carbocycles. The number of carbonyl (C=O) groups excluding carboxylic acids is 1. The van der Waals surface area contributed by atoms with Crippen LogP contribution in [0.25, 0.3) is 0 Å². The van der Waals surface area contributed by atoms with Gasteiger partial charge in [0.25, 0.3) is 0 Å². The SMILES string of the molecule is O=C(CO)[C@H](O)c1cccc(O)c1. The number of ketones is 1. The molecule has 1 aromatic rings. The van der Waals surface area contributed by atoms with Crippen LogP contribution in [0.3, 0.4) is 0 Å². The van der Waals surface area contributed by atoms with Crippen molar-refractivity contribution in [3.63, 3.8) is 0 Å². The van der Waals surface area contributed by atoms with Crippen LogP contribution >= 0.6 is 0 Å². The van der Waals surface area contributed by atoms with Crippen molar-refractivity contribution < 1.29 is 20.1 Å². The third kappa shape index (κ3) is 2.27. The predicted molar refractivity (Wildman–Crippen MR) is 45.2 cm³/mol. The molecule has 0 heterocycles. The second kappa shape index (κ2) is 4.02. The Kier molecular flexibility index (Phi) is 3.00. The molecule has 4 nitrogen and oxygen atoms in total. The van der Waals surface area contributed by atoms with Gasteiger partial charge in [0.1, 0.15) is 18.5 Å². The number of hydrogen-bond donors (Lipinski definition) is 3. The number of aliphatic hydroxyl groups is 2. The summed E-state index contributed by atoms with van der Waals surface area (Å²) in [6.07, 6.45) is -1.36. The van der Waals surface area contributed by atoms with Crippen LogP contribution in [0.2, 0.25) is 0 Å². The molecule has 0 aliphatic carbocycles. The molecule has 13 heavy (non-hydrogen) atoms. The zero-order valence-corrected chi connectivity index (χ0v) is 6.84. The lowest BCUT2D eigenvalue weighted by Crippen LogP contribution is -2.15. The molecule has 0 aromatic heterocycles. The van der Waals surface area contributed by atoms with E-state index in [0.29, 0.717) is 0 Å². The van der Waals surface area contributed by atoms with Gasteiger partial charge in [-0.2, -0.15) is 0 Å². The Bertz CT molecular complexity index is 308. The summed E-state index contributed by atoms with van der Waals surface area (Å²) in [5.41, 5.74) is 0.277. The molecule has 1 rings (SSSR count). The molecule has 0 bridgehead atoms. The molecule has 0 saturated heterocycles. The molecule has 3 N–H and O–H groups in total. The average Bonchev–Trinajstić information content (AvgIpc) is 2.15. The second-order valence-corrected chi connectivity index (χ2v) is 2.62. The normalized spacial score (nSPS) is 12.5. The summed E-state index contributed by atoms with van der Waals surface area (Å²) in [5, 5.41) is 26.8. The van der Waals surface area contributed by atoms with E-state index in [2.05, 4.69) is 0 Å². The van der Waals surface area contributed by atoms with Gasteiger partial charge in [0, 0.05) is 0 Å². The van der Waals surface area contributed by atoms with E-state index < -0.39 is 18.5 Å². The fraction of sp³-hybridized carbons (Fsp3) is 0.222. The molecule has 0 radical (unpaired) electrons. The van der Waals surface area contributed by atoms with Crippen molar-refractivity contribution in [3.8, 4) is 5.75 Å². The Hall–Kier alpha value is -1.39. The molecule has 70 valence electrons. The van der Waals surface area contributed by atoms with Gasteiger partial charge in [0.15, 0.2) is 5.78 Å². The lowest BCUT2D eigenvalue weighted by Gasteiger charge is -2.07. The van der Waals surface area contributed by atoms with E-state index in [1.165, 1.54) is 24.3 Å². The van der Waals surface area contributed by atoms with Gasteiger partial charge in [0.05, 0.1) is 0 Å². The minimum absolute atomic E-state index is 0.0257. The molecule has 0 fully saturated rings. The highest BCUT2D eigenvalue weighted by molar-refractivity contribution is 5.85. The number of rotatable bonds is 3. The van der Waals surface area contributed by atoms with Gasteiger partial charge < -0.3 is 15.3 Å². The summed E-state index contributed by atoms with van der Waals surface area (Å²) in [6.45, 7) is -0.711. The molecular formula is C9H10O4. The minimum atomic E-state index is -1.36. The Morgan fingerprint density at radius 3 is 2.69 bits per heavy atom. The van der Waals surface area contributed by atoms with Crippen LogP contribution in [0.15, 0.2) is 24.3 Å². The van der Waals surface area contributed by atoms with E-state index in [4.69, 9.17) is 10.2 Å². The molecule has 0 aliphatic rings. The Morgan fingerprint density at radius 1 is 1.46 bits per heavy atom. The molecule has 0 aliphatic heterocycles. The van der Waals surface area contributed by atoms with Gasteiger partial charge in [0.2, 0.25) is 0 Å². The molecular weight excluding hydrogens is 172 g/mol. The molecule has 0 amide bonds. The monoisotopic (exact) mass is 182 g/mol. The molecule has 0 spiro atoms. The molecule has 1 atom stereocenters. The first-order valence-corrected chi connectivity index (χ1v) is 3.75. The van der Waals surface area contributed by atoms with Gasteiger partial charge in [-0.05, 0) is 17.7 Å². The van der Waals surface area contributed by atoms with Gasteiger partial charge in [-0.25, -0.2) is 0 Å². The van der Waals surface area contributed by atoms with E-state index in [1.54, 1.807) is 0 Å². The number of phenolic OH excluding ortho intramolecular Hbond substituents is 1. The highest BCUT2D eigenvalue weighted by Crippen LogP contribution is 2.18. The number of benzene rings is 1. The van der Waals surface area contributed by atoms with E-state index in [1.807, 2.05) is 0 Å². The first kappa shape index (κ1) is 9.70. The maximum Gasteiger partial charge on any atom is 0.191 e. The third-order valence-corrected chi connectivity index (χ3v) is 1.65. The average molecular weight is 182 g/mol. The van der Waals surface area contributed by atoms with Crippen molar-refractivity contribution in [2.24, 2.45) is 0 Å². The second-order valence-electron chi connectivity index (χ2n) is 2.62. The first-order chi connectivity index (χ1) is 6.15. The third-order valence-electron chi connectivity index (χ3n) is 1.65. The van der Waals surface area contributed by atoms with Crippen molar-refractivity contribution in [2.75, 3.05) is 6.61 Å². The maximum atomic E-state index is 10.8. The van der Waals surface area contributed by atoms with Crippen LogP contribution < -0.4 is 0 Å². The van der Waals surface area contributed by atoms with Crippen LogP contribution in [0.1, 0.15) is 11.7 Å². The zero-order chi connectivity index (χ0) is 9.84. The summed E-state index contributed by atoms with van der Waals surface area (Å²) < 4.78 is 0. The number of hydrogen-bond acceptors (Lipinski definition) is 4. The number of phenols is 1. The first-order valence-electron chi connectivity index (χ1n) is 3.75. The number of aliphatic hydroxyl groups excluding tert-OH is 2. The summed E-state index contributed by atoms with van der Waals surface area (Å²) in [4.78, 5) is 10.8. The smallest absolute Gasteiger partial charge is 0.191 e. The van der Waals surface area contributed by atoms with Crippen LogP contribution in [0, 0.1) is 0 Å². The Labute approximate surface area is 75.1 Å². The van der Waals surface area contributed by atoms with E-state index in [-0.39, 0.29) is 11.3 Å². The van der Waals surface area contributed by atoms with Gasteiger partial charge in [-0.3, -0.25) is 4.79 Å². The fourth-order valence-electron chi connectivity index (χ4n) is 0.967. The largest absolute Gasteiger partial charge is 0.508 e. The predicted octanol–water partition coefficient (Wildman–Crippen LogP) is -0.0130. The number of Topliss-reactive ketones (excluding diaryl/α,β-unsaturated/α-hetero) is 1. The van der Waals surface area contributed by atoms with Gasteiger partial charge >= 0.3 is 0 Å². The van der Waals surface area contributed by atoms with E-state index in [9.17, 15) is 9.90 Å². The molecule has 4 heteroatoms. The Balaban J connectivity index is 2.88. The summed E-state index contributed by atoms with van der Waals surface area (Å²) in [6, 6.07) is 5.72. The Morgan fingerprint density at radius 2 is 2.15 bits per heavy atom. The number of carbonyl (C=O) groups is 1. The van der Waals surface area contributed by atoms with E-state index in [0.717, 1.165) is 0 Å². The van der Waals surface area contributed by atoms with Gasteiger partial charge in [-0.15, -0.1) is 0 Å². The highest BCUT2D eigenvalue weighted by atomic mass is 16.3. The standard InChI is InChI=1S/C9H10O4/c10-5-8(12)9(13)6-2-1-3-7(11)4-6/h1-4,9-11,13H,5H2/t9-/m1/s1. The topological polar surface area (TPSA) is 77.8 Å². The van der Waals surface area contributed by atoms with E-state index >= 15 is 0 Å². The molecule has 1 aromatic carbocycles. The molecule has 0 unspecified atom stereocenters. The van der Waals surface area contributed by atoms with Crippen molar-refractivity contribution in [3.05, 3.63) is 29.8 Å².